The van der Waals surface area contributed by atoms with Crippen molar-refractivity contribution in [2.75, 3.05) is 29.5 Å². The Morgan fingerprint density at radius 1 is 1.36 bits per heavy atom. The summed E-state index contributed by atoms with van der Waals surface area (Å²) in [7, 11) is -2.95. The SMILES string of the molecule is CCS(=O)(=O)CCCN1CCCc2cc(OC(F)F)ccc21. The number of benzene rings is 1. The average Bonchev–Trinajstić information content (AvgIpc) is 2.46. The number of hydrogen-bond donors (Lipinski definition) is 0. The molecule has 0 bridgehead atoms. The highest BCUT2D eigenvalue weighted by atomic mass is 32.2. The van der Waals surface area contributed by atoms with E-state index in [1.165, 1.54) is 6.07 Å². The van der Waals surface area contributed by atoms with Gasteiger partial charge in [0, 0.05) is 24.5 Å². The molecular weight excluding hydrogens is 312 g/mol. The number of nitrogens with zero attached hydrogens (tertiary/aromatic N) is 1. The molecule has 0 spiro atoms. The van der Waals surface area contributed by atoms with Crippen LogP contribution >= 0.6 is 0 Å². The predicted octanol–water partition coefficient (Wildman–Crippen LogP) is 2.87. The summed E-state index contributed by atoms with van der Waals surface area (Å²) in [5.41, 5.74) is 1.96. The molecule has 0 atom stereocenters. The highest BCUT2D eigenvalue weighted by Gasteiger charge is 2.18. The van der Waals surface area contributed by atoms with Crippen LogP contribution in [0.1, 0.15) is 25.3 Å². The van der Waals surface area contributed by atoms with Gasteiger partial charge in [0.1, 0.15) is 15.6 Å². The summed E-state index contributed by atoms with van der Waals surface area (Å²) in [5, 5.41) is 0. The zero-order chi connectivity index (χ0) is 16.2. The fourth-order valence-corrected chi connectivity index (χ4v) is 3.54. The Labute approximate surface area is 130 Å². The van der Waals surface area contributed by atoms with Crippen LogP contribution in [0.15, 0.2) is 18.2 Å². The van der Waals surface area contributed by atoms with E-state index < -0.39 is 16.4 Å². The minimum absolute atomic E-state index is 0.165. The third-order valence-corrected chi connectivity index (χ3v) is 5.60. The van der Waals surface area contributed by atoms with Crippen molar-refractivity contribution in [3.63, 3.8) is 0 Å². The summed E-state index contributed by atoms with van der Waals surface area (Å²) in [4.78, 5) is 2.12. The Bertz CT molecular complexity index is 605. The monoisotopic (exact) mass is 333 g/mol. The van der Waals surface area contributed by atoms with Crippen molar-refractivity contribution in [3.8, 4) is 5.75 Å². The molecule has 0 fully saturated rings. The van der Waals surface area contributed by atoms with Crippen molar-refractivity contribution in [2.24, 2.45) is 0 Å². The van der Waals surface area contributed by atoms with Gasteiger partial charge in [-0.2, -0.15) is 8.78 Å². The van der Waals surface area contributed by atoms with Crippen molar-refractivity contribution in [1.82, 2.24) is 0 Å². The molecule has 1 aliphatic heterocycles. The van der Waals surface area contributed by atoms with Crippen LogP contribution in [0.5, 0.6) is 5.75 Å². The van der Waals surface area contributed by atoms with Crippen LogP contribution in [-0.2, 0) is 16.3 Å². The third kappa shape index (κ3) is 4.56. The standard InChI is InChI=1S/C15H21F2NO3S/c1-2-22(19,20)10-4-9-18-8-3-5-12-11-13(21-15(16)17)6-7-14(12)18/h6-7,11,15H,2-5,8-10H2,1H3. The number of alkyl halides is 2. The highest BCUT2D eigenvalue weighted by molar-refractivity contribution is 7.91. The van der Waals surface area contributed by atoms with Crippen LogP contribution in [-0.4, -0.2) is 39.6 Å². The minimum Gasteiger partial charge on any atom is -0.435 e. The molecule has 1 aromatic carbocycles. The quantitative estimate of drug-likeness (QED) is 0.770. The number of rotatable bonds is 7. The van der Waals surface area contributed by atoms with Gasteiger partial charge in [-0.15, -0.1) is 0 Å². The molecule has 124 valence electrons. The van der Waals surface area contributed by atoms with Crippen LogP contribution in [0.4, 0.5) is 14.5 Å². The number of hydrogen-bond acceptors (Lipinski definition) is 4. The lowest BCUT2D eigenvalue weighted by atomic mass is 10.0. The van der Waals surface area contributed by atoms with Gasteiger partial charge < -0.3 is 9.64 Å². The van der Waals surface area contributed by atoms with Gasteiger partial charge in [0.15, 0.2) is 0 Å². The molecule has 7 heteroatoms. The third-order valence-electron chi connectivity index (χ3n) is 3.81. The van der Waals surface area contributed by atoms with Crippen LogP contribution in [0, 0.1) is 0 Å². The number of aryl methyl sites for hydroxylation is 1. The number of sulfone groups is 1. The Morgan fingerprint density at radius 2 is 2.14 bits per heavy atom. The van der Waals surface area contributed by atoms with Gasteiger partial charge >= 0.3 is 6.61 Å². The summed E-state index contributed by atoms with van der Waals surface area (Å²) in [6, 6.07) is 4.96. The molecular formula is C15H21F2NO3S. The maximum Gasteiger partial charge on any atom is 0.387 e. The highest BCUT2D eigenvalue weighted by Crippen LogP contribution is 2.31. The number of fused-ring (bicyclic) bond motifs is 1. The molecule has 1 heterocycles. The van der Waals surface area contributed by atoms with E-state index in [4.69, 9.17) is 0 Å². The topological polar surface area (TPSA) is 46.6 Å². The normalized spacial score (nSPS) is 15.0. The lowest BCUT2D eigenvalue weighted by Gasteiger charge is -2.31. The van der Waals surface area contributed by atoms with E-state index in [-0.39, 0.29) is 17.3 Å². The molecule has 0 N–H and O–H groups in total. The molecule has 0 unspecified atom stereocenters. The van der Waals surface area contributed by atoms with Crippen molar-refractivity contribution in [3.05, 3.63) is 23.8 Å². The van der Waals surface area contributed by atoms with Crippen LogP contribution in [0.2, 0.25) is 0 Å². The Balaban J connectivity index is 2.02. The molecule has 1 aromatic rings. The molecule has 0 aromatic heterocycles. The zero-order valence-electron chi connectivity index (χ0n) is 12.6. The molecule has 1 aliphatic rings. The molecule has 0 saturated heterocycles. The van der Waals surface area contributed by atoms with Gasteiger partial charge in [0.25, 0.3) is 0 Å². The average molecular weight is 333 g/mol. The lowest BCUT2D eigenvalue weighted by molar-refractivity contribution is -0.0498. The smallest absolute Gasteiger partial charge is 0.387 e. The van der Waals surface area contributed by atoms with Crippen LogP contribution < -0.4 is 9.64 Å². The van der Waals surface area contributed by atoms with Crippen molar-refractivity contribution in [2.45, 2.75) is 32.8 Å². The van der Waals surface area contributed by atoms with E-state index in [0.717, 1.165) is 30.6 Å². The van der Waals surface area contributed by atoms with Gasteiger partial charge in [-0.3, -0.25) is 0 Å². The van der Waals surface area contributed by atoms with E-state index in [2.05, 4.69) is 9.64 Å². The summed E-state index contributed by atoms with van der Waals surface area (Å²) in [5.74, 6) is 0.518. The van der Waals surface area contributed by atoms with E-state index in [1.807, 2.05) is 0 Å². The zero-order valence-corrected chi connectivity index (χ0v) is 13.4. The first kappa shape index (κ1) is 17.0. The van der Waals surface area contributed by atoms with Gasteiger partial charge in [-0.1, -0.05) is 6.92 Å². The molecule has 0 aliphatic carbocycles. The van der Waals surface area contributed by atoms with Gasteiger partial charge in [-0.05, 0) is 43.0 Å². The Hall–Kier alpha value is -1.37. The van der Waals surface area contributed by atoms with Gasteiger partial charge in [-0.25, -0.2) is 8.42 Å². The van der Waals surface area contributed by atoms with Gasteiger partial charge in [0.05, 0.1) is 5.75 Å². The predicted molar refractivity (Wildman–Crippen MR) is 82.6 cm³/mol. The number of anilines is 1. The molecule has 0 amide bonds. The largest absolute Gasteiger partial charge is 0.435 e. The fourth-order valence-electron chi connectivity index (χ4n) is 2.68. The van der Waals surface area contributed by atoms with Crippen molar-refractivity contribution < 1.29 is 21.9 Å². The summed E-state index contributed by atoms with van der Waals surface area (Å²) < 4.78 is 52.0. The summed E-state index contributed by atoms with van der Waals surface area (Å²) in [6.07, 6.45) is 2.32. The Morgan fingerprint density at radius 3 is 2.82 bits per heavy atom. The first-order valence-corrected chi connectivity index (χ1v) is 9.26. The molecule has 4 nitrogen and oxygen atoms in total. The number of ether oxygens (including phenoxy) is 1. The second kappa shape index (κ2) is 7.26. The first-order valence-electron chi connectivity index (χ1n) is 7.44. The minimum atomic E-state index is -2.95. The molecule has 2 rings (SSSR count). The van der Waals surface area contributed by atoms with E-state index in [0.29, 0.717) is 13.0 Å². The van der Waals surface area contributed by atoms with Crippen molar-refractivity contribution >= 4 is 15.5 Å². The summed E-state index contributed by atoms with van der Waals surface area (Å²) in [6.45, 7) is 0.336. The lowest BCUT2D eigenvalue weighted by Crippen LogP contribution is -2.31. The van der Waals surface area contributed by atoms with E-state index >= 15 is 0 Å². The van der Waals surface area contributed by atoms with Crippen LogP contribution in [0.3, 0.4) is 0 Å². The maximum absolute atomic E-state index is 12.3. The second-order valence-corrected chi connectivity index (χ2v) is 7.82. The number of halogens is 2. The van der Waals surface area contributed by atoms with E-state index in [1.54, 1.807) is 19.1 Å². The van der Waals surface area contributed by atoms with Crippen LogP contribution in [0.25, 0.3) is 0 Å². The maximum atomic E-state index is 12.3. The van der Waals surface area contributed by atoms with Crippen molar-refractivity contribution in [1.29, 1.82) is 0 Å². The second-order valence-electron chi connectivity index (χ2n) is 5.35. The van der Waals surface area contributed by atoms with Gasteiger partial charge in [0.2, 0.25) is 0 Å². The molecule has 0 radical (unpaired) electrons. The Kier molecular flexibility index (Phi) is 5.61. The fraction of sp³-hybridized carbons (Fsp3) is 0.600. The molecule has 22 heavy (non-hydrogen) atoms. The van der Waals surface area contributed by atoms with E-state index in [9.17, 15) is 17.2 Å². The summed E-state index contributed by atoms with van der Waals surface area (Å²) >= 11 is 0. The molecule has 0 saturated carbocycles. The first-order chi connectivity index (χ1) is 10.4.